The van der Waals surface area contributed by atoms with Crippen molar-refractivity contribution in [2.45, 2.75) is 32.4 Å². The maximum atomic E-state index is 4.09. The Kier molecular flexibility index (Phi) is 5.46. The Morgan fingerprint density at radius 1 is 1.44 bits per heavy atom. The number of piperazine rings is 1. The highest BCUT2D eigenvalue weighted by Gasteiger charge is 2.25. The van der Waals surface area contributed by atoms with E-state index in [-0.39, 0.29) is 0 Å². The van der Waals surface area contributed by atoms with Gasteiger partial charge in [-0.25, -0.2) is 0 Å². The Bertz CT molecular complexity index is 227. The normalized spacial score (nSPS) is 25.6. The van der Waals surface area contributed by atoms with Gasteiger partial charge in [0.25, 0.3) is 0 Å². The number of likely N-dealkylation sites (N-methyl/N-ethyl adjacent to an activating group) is 3. The predicted octanol–water partition coefficient (Wildman–Crippen LogP) is 1.18. The maximum absolute atomic E-state index is 4.09. The van der Waals surface area contributed by atoms with Gasteiger partial charge < -0.3 is 15.1 Å². The van der Waals surface area contributed by atoms with E-state index in [9.17, 15) is 0 Å². The van der Waals surface area contributed by atoms with Crippen LogP contribution >= 0.6 is 0 Å². The smallest absolute Gasteiger partial charge is 0.0289 e. The van der Waals surface area contributed by atoms with Crippen molar-refractivity contribution in [3.05, 3.63) is 12.2 Å². The van der Waals surface area contributed by atoms with Gasteiger partial charge in [0.15, 0.2) is 0 Å². The zero-order valence-electron chi connectivity index (χ0n) is 11.3. The van der Waals surface area contributed by atoms with Crippen molar-refractivity contribution >= 4 is 0 Å². The summed E-state index contributed by atoms with van der Waals surface area (Å²) >= 11 is 0. The Labute approximate surface area is 100 Å². The Hall–Kier alpha value is -0.380. The largest absolute Gasteiger partial charge is 0.310 e. The molecular formula is C13H27N3. The van der Waals surface area contributed by atoms with Gasteiger partial charge in [0, 0.05) is 31.7 Å². The molecular weight excluding hydrogens is 198 g/mol. The summed E-state index contributed by atoms with van der Waals surface area (Å²) in [6, 6.07) is 1.11. The van der Waals surface area contributed by atoms with Gasteiger partial charge in [-0.15, -0.1) is 0 Å². The van der Waals surface area contributed by atoms with E-state index in [1.807, 2.05) is 0 Å². The summed E-state index contributed by atoms with van der Waals surface area (Å²) in [6.07, 6.45) is 1.17. The summed E-state index contributed by atoms with van der Waals surface area (Å²) in [5.74, 6) is 0. The first-order chi connectivity index (χ1) is 7.54. The second-order valence-electron chi connectivity index (χ2n) is 5.09. The van der Waals surface area contributed by atoms with Crippen LogP contribution in [0.15, 0.2) is 12.2 Å². The van der Waals surface area contributed by atoms with Crippen LogP contribution in [0.3, 0.4) is 0 Å². The fraction of sp³-hybridized carbons (Fsp3) is 0.846. The quantitative estimate of drug-likeness (QED) is 0.709. The van der Waals surface area contributed by atoms with Gasteiger partial charge in [-0.1, -0.05) is 19.1 Å². The van der Waals surface area contributed by atoms with Crippen molar-refractivity contribution in [2.75, 3.05) is 40.3 Å². The van der Waals surface area contributed by atoms with Gasteiger partial charge in [0.2, 0.25) is 0 Å². The Balaban J connectivity index is 2.51. The molecule has 1 aliphatic rings. The van der Waals surface area contributed by atoms with Crippen molar-refractivity contribution in [1.29, 1.82) is 0 Å². The van der Waals surface area contributed by atoms with Crippen LogP contribution in [0.2, 0.25) is 0 Å². The molecule has 0 spiro atoms. The second-order valence-corrected chi connectivity index (χ2v) is 5.09. The first-order valence-electron chi connectivity index (χ1n) is 6.32. The summed E-state index contributed by atoms with van der Waals surface area (Å²) in [5.41, 5.74) is 1.25. The lowest BCUT2D eigenvalue weighted by molar-refractivity contribution is 0.104. The van der Waals surface area contributed by atoms with E-state index >= 15 is 0 Å². The van der Waals surface area contributed by atoms with Crippen LogP contribution in [0.25, 0.3) is 0 Å². The summed E-state index contributed by atoms with van der Waals surface area (Å²) in [7, 11) is 4.45. The lowest BCUT2D eigenvalue weighted by Crippen LogP contribution is -2.52. The van der Waals surface area contributed by atoms with Crippen LogP contribution in [-0.2, 0) is 0 Å². The molecule has 0 radical (unpaired) electrons. The summed E-state index contributed by atoms with van der Waals surface area (Å²) in [4.78, 5) is 4.90. The van der Waals surface area contributed by atoms with Crippen LogP contribution in [0.4, 0.5) is 0 Å². The van der Waals surface area contributed by atoms with E-state index < -0.39 is 0 Å². The molecule has 16 heavy (non-hydrogen) atoms. The molecule has 0 saturated carbocycles. The molecule has 2 unspecified atom stereocenters. The standard InChI is InChI=1S/C13H27N3/c1-6-14-13(11(2)3)9-12-10-15(4)7-8-16(12)5/h12-14H,2,6-10H2,1,3-5H3. The predicted molar refractivity (Wildman–Crippen MR) is 70.8 cm³/mol. The second kappa shape index (κ2) is 6.38. The van der Waals surface area contributed by atoms with Gasteiger partial charge in [-0.2, -0.15) is 0 Å². The molecule has 1 saturated heterocycles. The number of hydrogen-bond donors (Lipinski definition) is 1. The van der Waals surface area contributed by atoms with E-state index in [1.54, 1.807) is 0 Å². The number of hydrogen-bond acceptors (Lipinski definition) is 3. The Morgan fingerprint density at radius 3 is 2.69 bits per heavy atom. The highest BCUT2D eigenvalue weighted by atomic mass is 15.3. The molecule has 0 aromatic carbocycles. The minimum Gasteiger partial charge on any atom is -0.310 e. The third kappa shape index (κ3) is 3.89. The van der Waals surface area contributed by atoms with Crippen LogP contribution in [-0.4, -0.2) is 62.2 Å². The fourth-order valence-electron chi connectivity index (χ4n) is 2.33. The molecule has 0 aliphatic carbocycles. The summed E-state index contributed by atoms with van der Waals surface area (Å²) in [5, 5.41) is 3.52. The topological polar surface area (TPSA) is 18.5 Å². The van der Waals surface area contributed by atoms with Crippen LogP contribution in [0.5, 0.6) is 0 Å². The Morgan fingerprint density at radius 2 is 2.12 bits per heavy atom. The molecule has 0 aromatic rings. The van der Waals surface area contributed by atoms with E-state index in [2.05, 4.69) is 49.6 Å². The lowest BCUT2D eigenvalue weighted by Gasteiger charge is -2.39. The van der Waals surface area contributed by atoms with Gasteiger partial charge in [-0.05, 0) is 34.0 Å². The highest BCUT2D eigenvalue weighted by molar-refractivity contribution is 5.03. The monoisotopic (exact) mass is 225 g/mol. The minimum atomic E-state index is 0.462. The lowest BCUT2D eigenvalue weighted by atomic mass is 9.99. The SMILES string of the molecule is C=C(C)C(CC1CN(C)CCN1C)NCC. The first-order valence-corrected chi connectivity index (χ1v) is 6.32. The van der Waals surface area contributed by atoms with Gasteiger partial charge >= 0.3 is 0 Å². The van der Waals surface area contributed by atoms with Gasteiger partial charge in [0.1, 0.15) is 0 Å². The average molecular weight is 225 g/mol. The van der Waals surface area contributed by atoms with E-state index in [0.717, 1.165) is 6.54 Å². The molecule has 3 heteroatoms. The third-order valence-corrected chi connectivity index (χ3v) is 3.53. The van der Waals surface area contributed by atoms with Crippen molar-refractivity contribution < 1.29 is 0 Å². The van der Waals surface area contributed by atoms with Gasteiger partial charge in [-0.3, -0.25) is 0 Å². The van der Waals surface area contributed by atoms with Crippen LogP contribution in [0.1, 0.15) is 20.3 Å². The number of rotatable bonds is 5. The van der Waals surface area contributed by atoms with Crippen molar-refractivity contribution in [2.24, 2.45) is 0 Å². The molecule has 2 atom stereocenters. The molecule has 3 nitrogen and oxygen atoms in total. The molecule has 0 bridgehead atoms. The molecule has 1 aliphatic heterocycles. The van der Waals surface area contributed by atoms with E-state index in [1.165, 1.54) is 31.6 Å². The molecule has 0 aromatic heterocycles. The van der Waals surface area contributed by atoms with Crippen molar-refractivity contribution in [3.8, 4) is 0 Å². The zero-order valence-corrected chi connectivity index (χ0v) is 11.3. The molecule has 1 rings (SSSR count). The highest BCUT2D eigenvalue weighted by Crippen LogP contribution is 2.15. The fourth-order valence-corrected chi connectivity index (χ4v) is 2.33. The molecule has 94 valence electrons. The van der Waals surface area contributed by atoms with Crippen LogP contribution in [0, 0.1) is 0 Å². The summed E-state index contributed by atoms with van der Waals surface area (Å²) in [6.45, 7) is 12.9. The molecule has 1 N–H and O–H groups in total. The molecule has 1 heterocycles. The van der Waals surface area contributed by atoms with Crippen molar-refractivity contribution in [1.82, 2.24) is 15.1 Å². The number of nitrogens with zero attached hydrogens (tertiary/aromatic N) is 2. The maximum Gasteiger partial charge on any atom is 0.0289 e. The van der Waals surface area contributed by atoms with E-state index in [0.29, 0.717) is 12.1 Å². The zero-order chi connectivity index (χ0) is 12.1. The number of nitrogens with one attached hydrogen (secondary N) is 1. The van der Waals surface area contributed by atoms with E-state index in [4.69, 9.17) is 0 Å². The molecule has 0 amide bonds. The molecule has 1 fully saturated rings. The van der Waals surface area contributed by atoms with Gasteiger partial charge in [0.05, 0.1) is 0 Å². The average Bonchev–Trinajstić information content (AvgIpc) is 2.22. The van der Waals surface area contributed by atoms with Crippen molar-refractivity contribution in [3.63, 3.8) is 0 Å². The minimum absolute atomic E-state index is 0.462. The first kappa shape index (κ1) is 13.7. The third-order valence-electron chi connectivity index (χ3n) is 3.53. The van der Waals surface area contributed by atoms with Crippen LogP contribution < -0.4 is 5.32 Å². The summed E-state index contributed by atoms with van der Waals surface area (Å²) < 4.78 is 0.